The third-order valence-corrected chi connectivity index (χ3v) is 5.62. The lowest BCUT2D eigenvalue weighted by Gasteiger charge is -2.26. The molecule has 3 aromatic rings. The molecule has 2 heterocycles. The Morgan fingerprint density at radius 2 is 1.93 bits per heavy atom. The highest BCUT2D eigenvalue weighted by atomic mass is 32.2. The van der Waals surface area contributed by atoms with Gasteiger partial charge in [0.25, 0.3) is 10.0 Å². The van der Waals surface area contributed by atoms with Crippen molar-refractivity contribution in [1.29, 1.82) is 0 Å². The van der Waals surface area contributed by atoms with Gasteiger partial charge in [0, 0.05) is 6.20 Å². The lowest BCUT2D eigenvalue weighted by atomic mass is 10.2. The van der Waals surface area contributed by atoms with Gasteiger partial charge in [0.15, 0.2) is 17.6 Å². The van der Waals surface area contributed by atoms with Gasteiger partial charge in [-0.2, -0.15) is 5.10 Å². The van der Waals surface area contributed by atoms with E-state index in [2.05, 4.69) is 9.82 Å². The van der Waals surface area contributed by atoms with E-state index in [0.717, 1.165) is 0 Å². The first kappa shape index (κ1) is 18.2. The number of nitrogens with zero attached hydrogens (tertiary/aromatic N) is 2. The summed E-state index contributed by atoms with van der Waals surface area (Å²) in [6, 6.07) is 13.9. The second-order valence-electron chi connectivity index (χ2n) is 6.21. The molecule has 0 aliphatic carbocycles. The van der Waals surface area contributed by atoms with Crippen LogP contribution in [-0.4, -0.2) is 38.0 Å². The first-order valence-electron chi connectivity index (χ1n) is 8.62. The van der Waals surface area contributed by atoms with Gasteiger partial charge in [-0.05, 0) is 24.3 Å². The van der Waals surface area contributed by atoms with Crippen LogP contribution in [0, 0.1) is 0 Å². The fourth-order valence-corrected chi connectivity index (χ4v) is 4.13. The van der Waals surface area contributed by atoms with E-state index >= 15 is 0 Å². The number of hydrogen-bond acceptors (Lipinski definition) is 6. The van der Waals surface area contributed by atoms with Gasteiger partial charge >= 0.3 is 0 Å². The number of fused-ring (bicyclic) bond motifs is 1. The molecule has 1 N–H and O–H groups in total. The Balaban J connectivity index is 1.45. The normalized spacial score (nSPS) is 15.8. The number of methoxy groups -OCH3 is 1. The maximum Gasteiger partial charge on any atom is 0.265 e. The van der Waals surface area contributed by atoms with E-state index in [-0.39, 0.29) is 16.7 Å². The van der Waals surface area contributed by atoms with E-state index in [4.69, 9.17) is 14.2 Å². The molecule has 1 aromatic heterocycles. The molecule has 0 bridgehead atoms. The maximum atomic E-state index is 12.6. The summed E-state index contributed by atoms with van der Waals surface area (Å²) >= 11 is 0. The summed E-state index contributed by atoms with van der Waals surface area (Å²) in [7, 11) is -2.37. The molecule has 0 saturated carbocycles. The van der Waals surface area contributed by atoms with Crippen LogP contribution in [-0.2, 0) is 16.6 Å². The molecule has 0 fully saturated rings. The molecular weight excluding hydrogens is 382 g/mol. The van der Waals surface area contributed by atoms with Crippen molar-refractivity contribution in [2.24, 2.45) is 0 Å². The average molecular weight is 401 g/mol. The Hall–Kier alpha value is -3.20. The van der Waals surface area contributed by atoms with Crippen molar-refractivity contribution in [3.63, 3.8) is 0 Å². The molecule has 0 spiro atoms. The summed E-state index contributed by atoms with van der Waals surface area (Å²) in [5.74, 6) is 1.67. The quantitative estimate of drug-likeness (QED) is 0.683. The van der Waals surface area contributed by atoms with Crippen molar-refractivity contribution >= 4 is 15.7 Å². The van der Waals surface area contributed by atoms with Crippen molar-refractivity contribution in [3.8, 4) is 17.2 Å². The van der Waals surface area contributed by atoms with E-state index in [1.54, 1.807) is 29.1 Å². The second kappa shape index (κ2) is 7.43. The van der Waals surface area contributed by atoms with Crippen molar-refractivity contribution in [3.05, 3.63) is 60.9 Å². The van der Waals surface area contributed by atoms with Crippen LogP contribution >= 0.6 is 0 Å². The van der Waals surface area contributed by atoms with Crippen LogP contribution in [0.3, 0.4) is 0 Å². The molecule has 8 nitrogen and oxygen atoms in total. The molecule has 1 aliphatic rings. The number of rotatable bonds is 6. The van der Waals surface area contributed by atoms with Gasteiger partial charge in [-0.3, -0.25) is 9.40 Å². The highest BCUT2D eigenvalue weighted by Gasteiger charge is 2.23. The Morgan fingerprint density at radius 3 is 2.75 bits per heavy atom. The third kappa shape index (κ3) is 3.74. The summed E-state index contributed by atoms with van der Waals surface area (Å²) in [6.07, 6.45) is 2.83. The van der Waals surface area contributed by atoms with Crippen molar-refractivity contribution in [1.82, 2.24) is 9.78 Å². The van der Waals surface area contributed by atoms with Crippen LogP contribution in [0.25, 0.3) is 0 Å². The van der Waals surface area contributed by atoms with Crippen LogP contribution < -0.4 is 18.9 Å². The number of benzene rings is 2. The molecule has 0 radical (unpaired) electrons. The maximum absolute atomic E-state index is 12.6. The summed E-state index contributed by atoms with van der Waals surface area (Å²) < 4.78 is 46.1. The van der Waals surface area contributed by atoms with E-state index < -0.39 is 10.0 Å². The Bertz CT molecular complexity index is 1080. The first-order chi connectivity index (χ1) is 13.5. The second-order valence-corrected chi connectivity index (χ2v) is 7.86. The van der Waals surface area contributed by atoms with Gasteiger partial charge in [-0.1, -0.05) is 24.3 Å². The molecule has 1 aliphatic heterocycles. The van der Waals surface area contributed by atoms with Crippen molar-refractivity contribution in [2.45, 2.75) is 17.5 Å². The van der Waals surface area contributed by atoms with Crippen molar-refractivity contribution in [2.75, 3.05) is 18.4 Å². The first-order valence-corrected chi connectivity index (χ1v) is 10.1. The minimum atomic E-state index is -3.80. The predicted molar refractivity (Wildman–Crippen MR) is 102 cm³/mol. The Morgan fingerprint density at radius 1 is 1.18 bits per heavy atom. The van der Waals surface area contributed by atoms with Crippen LogP contribution in [0.5, 0.6) is 17.2 Å². The minimum Gasteiger partial charge on any atom is -0.495 e. The van der Waals surface area contributed by atoms with Gasteiger partial charge in [0.1, 0.15) is 17.3 Å². The van der Waals surface area contributed by atoms with E-state index in [9.17, 15) is 8.42 Å². The highest BCUT2D eigenvalue weighted by Crippen LogP contribution is 2.31. The number of para-hydroxylation sites is 3. The predicted octanol–water partition coefficient (Wildman–Crippen LogP) is 2.53. The molecule has 9 heteroatoms. The Labute approximate surface area is 162 Å². The lowest BCUT2D eigenvalue weighted by molar-refractivity contribution is 0.0759. The topological polar surface area (TPSA) is 91.7 Å². The van der Waals surface area contributed by atoms with Crippen molar-refractivity contribution < 1.29 is 22.6 Å². The van der Waals surface area contributed by atoms with Crippen LogP contribution in [0.4, 0.5) is 5.69 Å². The fraction of sp³-hybridized carbons (Fsp3) is 0.211. The summed E-state index contributed by atoms with van der Waals surface area (Å²) in [6.45, 7) is 0.809. The zero-order valence-corrected chi connectivity index (χ0v) is 15.9. The van der Waals surface area contributed by atoms with Gasteiger partial charge in [-0.15, -0.1) is 0 Å². The van der Waals surface area contributed by atoms with Gasteiger partial charge < -0.3 is 14.2 Å². The summed E-state index contributed by atoms with van der Waals surface area (Å²) in [5, 5.41) is 4.21. The van der Waals surface area contributed by atoms with E-state index in [1.165, 1.54) is 19.4 Å². The van der Waals surface area contributed by atoms with Gasteiger partial charge in [-0.25, -0.2) is 8.42 Å². The van der Waals surface area contributed by atoms with E-state index in [1.807, 2.05) is 24.3 Å². The number of sulfonamides is 1. The molecule has 0 saturated heterocycles. The zero-order chi connectivity index (χ0) is 19.6. The molecule has 1 unspecified atom stereocenters. The number of aromatic nitrogens is 2. The molecule has 0 amide bonds. The molecular formula is C19H19N3O5S. The van der Waals surface area contributed by atoms with Crippen LogP contribution in [0.15, 0.2) is 65.8 Å². The monoisotopic (exact) mass is 401 g/mol. The van der Waals surface area contributed by atoms with Gasteiger partial charge in [0.2, 0.25) is 0 Å². The Kier molecular flexibility index (Phi) is 4.82. The standard InChI is InChI=1S/C19H19N3O5S/c1-25-18-8-4-5-9-19(18)28(23,24)21-14-10-20-22(11-14)12-15-13-26-16-6-2-3-7-17(16)27-15/h2-11,15,21H,12-13H2,1H3. The summed E-state index contributed by atoms with van der Waals surface area (Å²) in [4.78, 5) is 0.0610. The average Bonchev–Trinajstić information content (AvgIpc) is 3.13. The molecule has 28 heavy (non-hydrogen) atoms. The van der Waals surface area contributed by atoms with Crippen LogP contribution in [0.1, 0.15) is 0 Å². The zero-order valence-electron chi connectivity index (χ0n) is 15.1. The van der Waals surface area contributed by atoms with E-state index in [0.29, 0.717) is 30.3 Å². The molecule has 2 aromatic carbocycles. The number of anilines is 1. The minimum absolute atomic E-state index is 0.0610. The van der Waals surface area contributed by atoms with Gasteiger partial charge in [0.05, 0.1) is 25.5 Å². The van der Waals surface area contributed by atoms with Crippen LogP contribution in [0.2, 0.25) is 0 Å². The number of hydrogen-bond donors (Lipinski definition) is 1. The summed E-state index contributed by atoms with van der Waals surface area (Å²) in [5.41, 5.74) is 0.350. The molecule has 146 valence electrons. The largest absolute Gasteiger partial charge is 0.495 e. The SMILES string of the molecule is COc1ccccc1S(=O)(=O)Nc1cnn(CC2COc3ccccc3O2)c1. The molecule has 1 atom stereocenters. The number of ether oxygens (including phenoxy) is 3. The molecule has 4 rings (SSSR count). The smallest absolute Gasteiger partial charge is 0.265 e. The fourth-order valence-electron chi connectivity index (χ4n) is 2.93. The highest BCUT2D eigenvalue weighted by molar-refractivity contribution is 7.92. The third-order valence-electron chi connectivity index (χ3n) is 4.20. The number of nitrogens with one attached hydrogen (secondary N) is 1. The lowest BCUT2D eigenvalue weighted by Crippen LogP contribution is -2.33.